The molecule has 1 aliphatic rings. The van der Waals surface area contributed by atoms with Gasteiger partial charge in [0, 0.05) is 55.7 Å². The van der Waals surface area contributed by atoms with Gasteiger partial charge in [0.05, 0.1) is 17.3 Å². The second kappa shape index (κ2) is 9.63. The summed E-state index contributed by atoms with van der Waals surface area (Å²) in [7, 11) is 1.74. The molecule has 3 heterocycles. The maximum Gasteiger partial charge on any atom is 0.223 e. The Morgan fingerprint density at radius 1 is 1.10 bits per heavy atom. The van der Waals surface area contributed by atoms with Crippen molar-refractivity contribution in [2.45, 2.75) is 31.8 Å². The highest BCUT2D eigenvalue weighted by Gasteiger charge is 2.25. The zero-order valence-corrected chi connectivity index (χ0v) is 17.2. The van der Waals surface area contributed by atoms with Crippen molar-refractivity contribution in [3.8, 4) is 11.3 Å². The summed E-state index contributed by atoms with van der Waals surface area (Å²) >= 11 is 0. The van der Waals surface area contributed by atoms with E-state index >= 15 is 0 Å². The minimum atomic E-state index is 0.0922. The van der Waals surface area contributed by atoms with Gasteiger partial charge in [0.15, 0.2) is 0 Å². The maximum absolute atomic E-state index is 12.4. The topological polar surface area (TPSA) is 89.0 Å². The average molecular weight is 406 g/mol. The van der Waals surface area contributed by atoms with Crippen molar-refractivity contribution < 1.29 is 9.53 Å². The Balaban J connectivity index is 1.38. The van der Waals surface area contributed by atoms with E-state index in [4.69, 9.17) is 9.72 Å². The van der Waals surface area contributed by atoms with Crippen molar-refractivity contribution in [3.63, 3.8) is 0 Å². The minimum absolute atomic E-state index is 0.0922. The zero-order chi connectivity index (χ0) is 20.8. The molecule has 1 amide bonds. The number of carbonyl (C=O) groups excluding carboxylic acids is 1. The highest BCUT2D eigenvalue weighted by Crippen LogP contribution is 2.27. The van der Waals surface area contributed by atoms with Crippen LogP contribution < -0.4 is 10.6 Å². The molecular formula is C23H27N5O2. The number of pyridine rings is 3. The van der Waals surface area contributed by atoms with Crippen molar-refractivity contribution in [3.05, 3.63) is 48.9 Å². The Hall–Kier alpha value is -3.06. The van der Waals surface area contributed by atoms with Crippen LogP contribution in [0.15, 0.2) is 48.9 Å². The van der Waals surface area contributed by atoms with Gasteiger partial charge in [0.25, 0.3) is 0 Å². The lowest BCUT2D eigenvalue weighted by Gasteiger charge is -2.26. The first-order valence-electron chi connectivity index (χ1n) is 10.4. The first kappa shape index (κ1) is 20.2. The molecule has 0 aromatic carbocycles. The summed E-state index contributed by atoms with van der Waals surface area (Å²) in [6, 6.07) is 9.74. The van der Waals surface area contributed by atoms with Crippen LogP contribution in [0, 0.1) is 5.92 Å². The predicted octanol–water partition coefficient (Wildman–Crippen LogP) is 3.43. The van der Waals surface area contributed by atoms with E-state index in [1.165, 1.54) is 0 Å². The average Bonchev–Trinajstić information content (AvgIpc) is 2.82. The summed E-state index contributed by atoms with van der Waals surface area (Å²) in [6.45, 7) is 1.14. The van der Waals surface area contributed by atoms with E-state index in [0.717, 1.165) is 53.7 Å². The number of carbonyl (C=O) groups is 1. The zero-order valence-electron chi connectivity index (χ0n) is 17.2. The molecule has 0 bridgehead atoms. The van der Waals surface area contributed by atoms with E-state index in [1.54, 1.807) is 25.7 Å². The number of amides is 1. The SMILES string of the molecule is COC1CCC(C(=O)NCCNc2nc(-c3ccncc3)cc3ncccc23)CC1. The van der Waals surface area contributed by atoms with E-state index in [-0.39, 0.29) is 11.8 Å². The van der Waals surface area contributed by atoms with Gasteiger partial charge in [-0.15, -0.1) is 0 Å². The maximum atomic E-state index is 12.4. The molecule has 2 N–H and O–H groups in total. The number of fused-ring (bicyclic) bond motifs is 1. The molecule has 0 unspecified atom stereocenters. The third kappa shape index (κ3) is 4.74. The van der Waals surface area contributed by atoms with Gasteiger partial charge in [-0.3, -0.25) is 14.8 Å². The van der Waals surface area contributed by atoms with Crippen LogP contribution in [0.3, 0.4) is 0 Å². The standard InChI is InChI=1S/C23H27N5O2/c1-30-18-6-4-17(5-7-18)23(29)27-14-13-26-22-19-3-2-10-25-21(19)15-20(28-22)16-8-11-24-12-9-16/h2-3,8-12,15,17-18H,4-7,13-14H2,1H3,(H,26,28)(H,27,29). The third-order valence-corrected chi connectivity index (χ3v) is 5.67. The van der Waals surface area contributed by atoms with Crippen LogP contribution in [0.4, 0.5) is 5.82 Å². The van der Waals surface area contributed by atoms with Crippen LogP contribution in [0.2, 0.25) is 0 Å². The van der Waals surface area contributed by atoms with Gasteiger partial charge in [-0.05, 0) is 56.0 Å². The Kier molecular flexibility index (Phi) is 6.49. The number of methoxy groups -OCH3 is 1. The van der Waals surface area contributed by atoms with Crippen LogP contribution in [-0.4, -0.2) is 47.2 Å². The molecule has 0 saturated heterocycles. The van der Waals surface area contributed by atoms with Gasteiger partial charge in [0.2, 0.25) is 5.91 Å². The number of nitrogens with one attached hydrogen (secondary N) is 2. The number of ether oxygens (including phenoxy) is 1. The fourth-order valence-corrected chi connectivity index (χ4v) is 3.95. The lowest BCUT2D eigenvalue weighted by Crippen LogP contribution is -2.36. The van der Waals surface area contributed by atoms with Crippen molar-refractivity contribution in [1.29, 1.82) is 0 Å². The predicted molar refractivity (Wildman–Crippen MR) is 117 cm³/mol. The lowest BCUT2D eigenvalue weighted by molar-refractivity contribution is -0.126. The normalized spacial score (nSPS) is 18.8. The number of anilines is 1. The highest BCUT2D eigenvalue weighted by atomic mass is 16.5. The van der Waals surface area contributed by atoms with Crippen molar-refractivity contribution >= 4 is 22.6 Å². The summed E-state index contributed by atoms with van der Waals surface area (Å²) in [5.74, 6) is 0.994. The quantitative estimate of drug-likeness (QED) is 0.586. The van der Waals surface area contributed by atoms with Crippen LogP contribution in [-0.2, 0) is 9.53 Å². The van der Waals surface area contributed by atoms with Gasteiger partial charge >= 0.3 is 0 Å². The summed E-state index contributed by atoms with van der Waals surface area (Å²) < 4.78 is 5.39. The molecule has 1 fully saturated rings. The molecule has 0 spiro atoms. The first-order valence-corrected chi connectivity index (χ1v) is 10.4. The molecule has 156 valence electrons. The molecule has 0 aliphatic heterocycles. The molecule has 7 heteroatoms. The number of hydrogen-bond acceptors (Lipinski definition) is 6. The number of rotatable bonds is 7. The van der Waals surface area contributed by atoms with E-state index in [0.29, 0.717) is 19.2 Å². The summed E-state index contributed by atoms with van der Waals surface area (Å²) in [4.78, 5) is 25.8. The number of nitrogens with zero attached hydrogens (tertiary/aromatic N) is 3. The fourth-order valence-electron chi connectivity index (χ4n) is 3.95. The fraction of sp³-hybridized carbons (Fsp3) is 0.391. The molecule has 3 aromatic heterocycles. The lowest BCUT2D eigenvalue weighted by atomic mass is 9.87. The largest absolute Gasteiger partial charge is 0.381 e. The summed E-state index contributed by atoms with van der Waals surface area (Å²) in [5, 5.41) is 7.38. The Bertz CT molecular complexity index is 987. The van der Waals surface area contributed by atoms with Crippen molar-refractivity contribution in [2.75, 3.05) is 25.5 Å². The monoisotopic (exact) mass is 405 g/mol. The molecule has 0 radical (unpaired) electrons. The first-order chi connectivity index (χ1) is 14.7. The number of hydrogen-bond donors (Lipinski definition) is 2. The Morgan fingerprint density at radius 2 is 1.90 bits per heavy atom. The van der Waals surface area contributed by atoms with Gasteiger partial charge in [0.1, 0.15) is 5.82 Å². The Morgan fingerprint density at radius 3 is 2.67 bits per heavy atom. The molecule has 4 rings (SSSR count). The van der Waals surface area contributed by atoms with Crippen LogP contribution in [0.25, 0.3) is 22.2 Å². The minimum Gasteiger partial charge on any atom is -0.381 e. The summed E-state index contributed by atoms with van der Waals surface area (Å²) in [6.07, 6.45) is 9.28. The molecule has 0 atom stereocenters. The van der Waals surface area contributed by atoms with E-state index < -0.39 is 0 Å². The molecule has 3 aromatic rings. The van der Waals surface area contributed by atoms with Crippen LogP contribution in [0.1, 0.15) is 25.7 Å². The Labute approximate surface area is 176 Å². The van der Waals surface area contributed by atoms with Gasteiger partial charge in [-0.25, -0.2) is 4.98 Å². The van der Waals surface area contributed by atoms with E-state index in [9.17, 15) is 4.79 Å². The molecule has 1 aliphatic carbocycles. The molecule has 1 saturated carbocycles. The third-order valence-electron chi connectivity index (χ3n) is 5.67. The van der Waals surface area contributed by atoms with Gasteiger partial charge in [-0.1, -0.05) is 0 Å². The van der Waals surface area contributed by atoms with Gasteiger partial charge in [-0.2, -0.15) is 0 Å². The second-order valence-corrected chi connectivity index (χ2v) is 7.59. The number of aromatic nitrogens is 3. The smallest absolute Gasteiger partial charge is 0.223 e. The van der Waals surface area contributed by atoms with E-state index in [2.05, 4.69) is 20.6 Å². The molecule has 30 heavy (non-hydrogen) atoms. The van der Waals surface area contributed by atoms with E-state index in [1.807, 2.05) is 30.3 Å². The second-order valence-electron chi connectivity index (χ2n) is 7.59. The highest BCUT2D eigenvalue weighted by molar-refractivity contribution is 5.91. The molecular weight excluding hydrogens is 378 g/mol. The summed E-state index contributed by atoms with van der Waals surface area (Å²) in [5.41, 5.74) is 2.70. The van der Waals surface area contributed by atoms with Crippen LogP contribution in [0.5, 0.6) is 0 Å². The van der Waals surface area contributed by atoms with Crippen molar-refractivity contribution in [2.24, 2.45) is 5.92 Å². The van der Waals surface area contributed by atoms with Crippen LogP contribution >= 0.6 is 0 Å². The van der Waals surface area contributed by atoms with Gasteiger partial charge < -0.3 is 15.4 Å². The van der Waals surface area contributed by atoms with Crippen molar-refractivity contribution in [1.82, 2.24) is 20.3 Å². The molecule has 7 nitrogen and oxygen atoms in total.